The Labute approximate surface area is 199 Å². The number of nitrogens with zero attached hydrogens (tertiary/aromatic N) is 1. The van der Waals surface area contributed by atoms with Gasteiger partial charge >= 0.3 is 6.16 Å². The van der Waals surface area contributed by atoms with Gasteiger partial charge in [0.25, 0.3) is 0 Å². The fourth-order valence-electron chi connectivity index (χ4n) is 4.86. The summed E-state index contributed by atoms with van der Waals surface area (Å²) in [5, 5.41) is 2.21. The third-order valence-electron chi connectivity index (χ3n) is 7.59. The quantitative estimate of drug-likeness (QED) is 0.400. The van der Waals surface area contributed by atoms with E-state index in [9.17, 15) is 4.79 Å². The van der Waals surface area contributed by atoms with Gasteiger partial charge in [0.05, 0.1) is 0 Å². The lowest BCUT2D eigenvalue weighted by Crippen LogP contribution is -2.68. The van der Waals surface area contributed by atoms with Crippen LogP contribution in [0.15, 0.2) is 60.7 Å². The molecule has 0 aliphatic carbocycles. The van der Waals surface area contributed by atoms with Crippen LogP contribution < -0.4 is 0 Å². The molecule has 2 aromatic carbocycles. The largest absolute Gasteiger partial charge is 0.508 e. The van der Waals surface area contributed by atoms with Gasteiger partial charge in [-0.1, -0.05) is 81.4 Å². The maximum Gasteiger partial charge on any atom is 0.508 e. The second kappa shape index (κ2) is 10.7. The summed E-state index contributed by atoms with van der Waals surface area (Å²) in [5.41, 5.74) is 1.49. The number of carbonyl (C=O) groups is 1. The summed E-state index contributed by atoms with van der Waals surface area (Å²) < 4.78 is 11.3. The van der Waals surface area contributed by atoms with Crippen molar-refractivity contribution in [3.8, 4) is 0 Å². The minimum atomic E-state index is -0.611. The zero-order chi connectivity index (χ0) is 24.1. The van der Waals surface area contributed by atoms with E-state index in [2.05, 4.69) is 58.7 Å². The summed E-state index contributed by atoms with van der Waals surface area (Å²) in [4.78, 5) is 19.3. The second-order valence-corrected chi connectivity index (χ2v) is 9.69. The number of benzene rings is 2. The van der Waals surface area contributed by atoms with Crippen molar-refractivity contribution < 1.29 is 19.1 Å². The highest BCUT2D eigenvalue weighted by molar-refractivity contribution is 5.60. The van der Waals surface area contributed by atoms with Crippen LogP contribution in [-0.4, -0.2) is 28.4 Å². The predicted molar refractivity (Wildman–Crippen MR) is 130 cm³/mol. The summed E-state index contributed by atoms with van der Waals surface area (Å²) in [7, 11) is 0. The van der Waals surface area contributed by atoms with Gasteiger partial charge in [0, 0.05) is 23.4 Å². The van der Waals surface area contributed by atoms with Crippen molar-refractivity contribution in [2.24, 2.45) is 5.92 Å². The Bertz CT molecular complexity index is 889. The van der Waals surface area contributed by atoms with E-state index < -0.39 is 6.16 Å². The molecule has 2 aromatic rings. The maximum atomic E-state index is 12.6. The average molecular weight is 454 g/mol. The van der Waals surface area contributed by atoms with Crippen LogP contribution in [0.2, 0.25) is 0 Å². The molecule has 180 valence electrons. The number of piperidine rings is 1. The Kier molecular flexibility index (Phi) is 8.19. The number of hydroxylamine groups is 2. The smallest absolute Gasteiger partial charge is 0.431 e. The average Bonchev–Trinajstić information content (AvgIpc) is 2.85. The fourth-order valence-corrected chi connectivity index (χ4v) is 4.86. The van der Waals surface area contributed by atoms with Crippen molar-refractivity contribution in [2.45, 2.75) is 90.7 Å². The standard InChI is InChI=1S/C28H39NO4/c1-7-27(5)19-25(32-26(30)31-20-23-15-11-9-12-16-23)21(3)28(6,8-2)29(27)33-22(4)24-17-13-10-14-18-24/h9-18,21-22,25H,7-8,19-20H2,1-6H3. The molecule has 1 aliphatic rings. The minimum absolute atomic E-state index is 0.0642. The Balaban J connectivity index is 1.75. The molecule has 0 radical (unpaired) electrons. The molecule has 0 bridgehead atoms. The van der Waals surface area contributed by atoms with Crippen LogP contribution in [0.4, 0.5) is 4.79 Å². The number of hydrogen-bond acceptors (Lipinski definition) is 5. The van der Waals surface area contributed by atoms with E-state index in [0.29, 0.717) is 6.42 Å². The Morgan fingerprint density at radius 3 is 2.21 bits per heavy atom. The molecular weight excluding hydrogens is 414 g/mol. The highest BCUT2D eigenvalue weighted by Gasteiger charge is 2.55. The van der Waals surface area contributed by atoms with Crippen molar-refractivity contribution in [1.29, 1.82) is 0 Å². The molecule has 3 rings (SSSR count). The lowest BCUT2D eigenvalue weighted by atomic mass is 9.69. The number of rotatable bonds is 8. The monoisotopic (exact) mass is 453 g/mol. The topological polar surface area (TPSA) is 48.0 Å². The van der Waals surface area contributed by atoms with Crippen molar-refractivity contribution in [3.63, 3.8) is 0 Å². The first-order valence-electron chi connectivity index (χ1n) is 12.1. The van der Waals surface area contributed by atoms with Crippen LogP contribution in [0.1, 0.15) is 78.0 Å². The first-order valence-corrected chi connectivity index (χ1v) is 12.1. The Morgan fingerprint density at radius 1 is 1.03 bits per heavy atom. The third-order valence-corrected chi connectivity index (χ3v) is 7.59. The van der Waals surface area contributed by atoms with Gasteiger partial charge in [0.1, 0.15) is 18.8 Å². The lowest BCUT2D eigenvalue weighted by Gasteiger charge is -2.59. The number of carbonyl (C=O) groups excluding carboxylic acids is 1. The first-order chi connectivity index (χ1) is 15.7. The van der Waals surface area contributed by atoms with Crippen molar-refractivity contribution in [2.75, 3.05) is 0 Å². The van der Waals surface area contributed by atoms with E-state index in [1.54, 1.807) is 0 Å². The molecule has 0 saturated carbocycles. The van der Waals surface area contributed by atoms with Gasteiger partial charge in [-0.05, 0) is 44.7 Å². The predicted octanol–water partition coefficient (Wildman–Crippen LogP) is 7.08. The van der Waals surface area contributed by atoms with Crippen molar-refractivity contribution >= 4 is 6.16 Å². The van der Waals surface area contributed by atoms with Gasteiger partial charge in [-0.15, -0.1) is 0 Å². The van der Waals surface area contributed by atoms with Crippen LogP contribution in [0, 0.1) is 5.92 Å². The van der Waals surface area contributed by atoms with Crippen LogP contribution in [0.5, 0.6) is 0 Å². The Morgan fingerprint density at radius 2 is 1.64 bits per heavy atom. The second-order valence-electron chi connectivity index (χ2n) is 9.69. The highest BCUT2D eigenvalue weighted by atomic mass is 16.7. The normalized spacial score (nSPS) is 28.8. The van der Waals surface area contributed by atoms with Gasteiger partial charge in [-0.25, -0.2) is 4.79 Å². The lowest BCUT2D eigenvalue weighted by molar-refractivity contribution is -0.336. The highest BCUT2D eigenvalue weighted by Crippen LogP contribution is 2.48. The van der Waals surface area contributed by atoms with Crippen LogP contribution in [0.3, 0.4) is 0 Å². The number of ether oxygens (including phenoxy) is 2. The van der Waals surface area contributed by atoms with E-state index >= 15 is 0 Å². The van der Waals surface area contributed by atoms with Crippen LogP contribution in [0.25, 0.3) is 0 Å². The minimum Gasteiger partial charge on any atom is -0.431 e. The molecule has 33 heavy (non-hydrogen) atoms. The summed E-state index contributed by atoms with van der Waals surface area (Å²) in [6.07, 6.45) is 1.47. The van der Waals surface area contributed by atoms with Gasteiger partial charge in [-0.3, -0.25) is 4.84 Å². The van der Waals surface area contributed by atoms with Crippen LogP contribution in [-0.2, 0) is 20.9 Å². The zero-order valence-corrected chi connectivity index (χ0v) is 20.9. The van der Waals surface area contributed by atoms with E-state index in [0.717, 1.165) is 24.0 Å². The molecule has 1 fully saturated rings. The van der Waals surface area contributed by atoms with Gasteiger partial charge < -0.3 is 9.47 Å². The molecule has 1 saturated heterocycles. The van der Waals surface area contributed by atoms with Gasteiger partial charge in [-0.2, -0.15) is 5.06 Å². The molecule has 0 aromatic heterocycles. The van der Waals surface area contributed by atoms with E-state index in [4.69, 9.17) is 14.3 Å². The third kappa shape index (κ3) is 5.59. The molecule has 1 aliphatic heterocycles. The van der Waals surface area contributed by atoms with E-state index in [1.165, 1.54) is 0 Å². The van der Waals surface area contributed by atoms with Crippen molar-refractivity contribution in [1.82, 2.24) is 5.06 Å². The molecule has 0 N–H and O–H groups in total. The molecule has 0 spiro atoms. The van der Waals surface area contributed by atoms with Gasteiger partial charge in [0.15, 0.2) is 0 Å². The Hall–Kier alpha value is -2.37. The van der Waals surface area contributed by atoms with E-state index in [1.807, 2.05) is 48.5 Å². The molecule has 5 nitrogen and oxygen atoms in total. The zero-order valence-electron chi connectivity index (χ0n) is 20.9. The fraction of sp³-hybridized carbons (Fsp3) is 0.536. The molecule has 5 heteroatoms. The molecular formula is C28H39NO4. The SMILES string of the molecule is CCC1(C)CC(OC(=O)OCc2ccccc2)C(C)C(C)(CC)N1OC(C)c1ccccc1. The maximum absolute atomic E-state index is 12.6. The van der Waals surface area contributed by atoms with Crippen molar-refractivity contribution in [3.05, 3.63) is 71.8 Å². The summed E-state index contributed by atoms with van der Waals surface area (Å²) in [6, 6.07) is 19.9. The van der Waals surface area contributed by atoms with Crippen LogP contribution >= 0.6 is 0 Å². The molecule has 5 unspecified atom stereocenters. The molecule has 1 heterocycles. The number of hydrogen-bond donors (Lipinski definition) is 0. The summed E-state index contributed by atoms with van der Waals surface area (Å²) >= 11 is 0. The first kappa shape index (κ1) is 25.3. The summed E-state index contributed by atoms with van der Waals surface area (Å²) in [5.74, 6) is 0.0642. The molecule has 5 atom stereocenters. The molecule has 0 amide bonds. The van der Waals surface area contributed by atoms with Gasteiger partial charge in [0.2, 0.25) is 0 Å². The van der Waals surface area contributed by atoms with E-state index in [-0.39, 0.29) is 35.8 Å². The summed E-state index contributed by atoms with van der Waals surface area (Å²) in [6.45, 7) is 13.2.